The second-order valence-corrected chi connectivity index (χ2v) is 8.46. The van der Waals surface area contributed by atoms with Gasteiger partial charge in [-0.3, -0.25) is 13.9 Å². The Morgan fingerprint density at radius 1 is 1.04 bits per heavy atom. The number of benzene rings is 2. The fourth-order valence-electron chi connectivity index (χ4n) is 2.93. The van der Waals surface area contributed by atoms with Crippen LogP contribution in [0.15, 0.2) is 73.6 Å². The largest absolute Gasteiger partial charge is 0.331 e. The summed E-state index contributed by atoms with van der Waals surface area (Å²) < 4.78 is 4.72. The summed E-state index contributed by atoms with van der Waals surface area (Å²) in [5.41, 5.74) is 1.81. The first-order chi connectivity index (χ1) is 13.0. The average molecular weight is 396 g/mol. The van der Waals surface area contributed by atoms with Gasteiger partial charge in [0, 0.05) is 12.6 Å². The molecule has 0 bridgehead atoms. The van der Waals surface area contributed by atoms with E-state index in [0.717, 1.165) is 20.1 Å². The second-order valence-electron chi connectivity index (χ2n) is 6.20. The number of rotatable bonds is 4. The van der Waals surface area contributed by atoms with Crippen molar-refractivity contribution in [3.63, 3.8) is 0 Å². The van der Waals surface area contributed by atoms with Gasteiger partial charge in [-0.1, -0.05) is 42.5 Å². The predicted molar refractivity (Wildman–Crippen MR) is 110 cm³/mol. The van der Waals surface area contributed by atoms with Crippen LogP contribution in [-0.4, -0.2) is 14.1 Å². The number of hydrogen-bond acceptors (Lipinski definition) is 5. The number of nitrogens with zero attached hydrogens (tertiary/aromatic N) is 3. The smallest absolute Gasteiger partial charge is 0.290 e. The van der Waals surface area contributed by atoms with E-state index in [9.17, 15) is 9.59 Å². The van der Waals surface area contributed by atoms with E-state index in [1.807, 2.05) is 54.6 Å². The first-order valence-electron chi connectivity index (χ1n) is 8.42. The van der Waals surface area contributed by atoms with E-state index in [1.54, 1.807) is 25.3 Å². The summed E-state index contributed by atoms with van der Waals surface area (Å²) in [5.74, 6) is 0. The molecule has 0 fully saturated rings. The highest BCUT2D eigenvalue weighted by atomic mass is 32.2. The normalized spacial score (nSPS) is 11.2. The third kappa shape index (κ3) is 3.36. The van der Waals surface area contributed by atoms with Crippen LogP contribution in [0.1, 0.15) is 11.1 Å². The van der Waals surface area contributed by atoms with Crippen LogP contribution >= 0.6 is 23.1 Å². The molecule has 4 aromatic rings. The van der Waals surface area contributed by atoms with Crippen molar-refractivity contribution in [1.29, 1.82) is 0 Å². The Morgan fingerprint density at radius 3 is 2.48 bits per heavy atom. The van der Waals surface area contributed by atoms with E-state index in [2.05, 4.69) is 4.98 Å². The maximum absolute atomic E-state index is 12.8. The Morgan fingerprint density at radius 2 is 1.74 bits per heavy atom. The quantitative estimate of drug-likeness (QED) is 0.495. The molecule has 0 saturated heterocycles. The summed E-state index contributed by atoms with van der Waals surface area (Å²) in [6.45, 7) is 2.03. The van der Waals surface area contributed by atoms with Gasteiger partial charge in [-0.25, -0.2) is 9.78 Å². The van der Waals surface area contributed by atoms with Crippen LogP contribution in [0.25, 0.3) is 10.2 Å². The molecule has 0 aliphatic rings. The van der Waals surface area contributed by atoms with E-state index in [4.69, 9.17) is 0 Å². The minimum Gasteiger partial charge on any atom is -0.290 e. The standard InChI is InChI=1S/C20H17N3O2S2/c1-13-17(24)23(12-14-8-4-3-5-9-14)20(25)22(2)18(13)27-19-21-15-10-6-7-11-16(15)26-19/h3-11H,12H2,1-2H3. The van der Waals surface area contributed by atoms with Crippen molar-refractivity contribution in [2.75, 3.05) is 0 Å². The molecule has 5 nitrogen and oxygen atoms in total. The first kappa shape index (κ1) is 17.8. The number of fused-ring (bicyclic) bond motifs is 1. The molecule has 0 aliphatic carbocycles. The molecule has 0 spiro atoms. The van der Waals surface area contributed by atoms with Gasteiger partial charge in [0.15, 0.2) is 4.34 Å². The maximum atomic E-state index is 12.8. The molecule has 0 amide bonds. The molecule has 4 rings (SSSR count). The van der Waals surface area contributed by atoms with Crippen molar-refractivity contribution in [3.05, 3.63) is 86.6 Å². The van der Waals surface area contributed by atoms with E-state index in [-0.39, 0.29) is 17.8 Å². The van der Waals surface area contributed by atoms with Crippen molar-refractivity contribution in [3.8, 4) is 0 Å². The SMILES string of the molecule is Cc1c(Sc2nc3ccccc3s2)n(C)c(=O)n(Cc2ccccc2)c1=O. The van der Waals surface area contributed by atoms with Gasteiger partial charge in [-0.15, -0.1) is 11.3 Å². The predicted octanol–water partition coefficient (Wildman–Crippen LogP) is 3.66. The number of thiazole rings is 1. The third-order valence-electron chi connectivity index (χ3n) is 4.35. The Bertz CT molecular complexity index is 1170. The van der Waals surface area contributed by atoms with E-state index < -0.39 is 0 Å². The van der Waals surface area contributed by atoms with Crippen LogP contribution in [0.5, 0.6) is 0 Å². The molecular formula is C20H17N3O2S2. The molecule has 2 heterocycles. The molecule has 136 valence electrons. The molecule has 7 heteroatoms. The third-order valence-corrected chi connectivity index (χ3v) is 6.72. The zero-order valence-corrected chi connectivity index (χ0v) is 16.5. The van der Waals surface area contributed by atoms with Gasteiger partial charge >= 0.3 is 5.69 Å². The lowest BCUT2D eigenvalue weighted by molar-refractivity contribution is 0.592. The zero-order valence-electron chi connectivity index (χ0n) is 14.9. The van der Waals surface area contributed by atoms with Gasteiger partial charge in [-0.05, 0) is 36.4 Å². The number of para-hydroxylation sites is 1. The van der Waals surface area contributed by atoms with Crippen molar-refractivity contribution >= 4 is 33.3 Å². The molecule has 0 N–H and O–H groups in total. The van der Waals surface area contributed by atoms with Gasteiger partial charge in [0.1, 0.15) is 0 Å². The summed E-state index contributed by atoms with van der Waals surface area (Å²) in [6.07, 6.45) is 0. The summed E-state index contributed by atoms with van der Waals surface area (Å²) in [7, 11) is 1.70. The van der Waals surface area contributed by atoms with E-state index in [1.165, 1.54) is 20.9 Å². The number of hydrogen-bond donors (Lipinski definition) is 0. The van der Waals surface area contributed by atoms with Crippen LogP contribution < -0.4 is 11.2 Å². The Balaban J connectivity index is 1.76. The Hall–Kier alpha value is -2.64. The highest BCUT2D eigenvalue weighted by molar-refractivity contribution is 8.01. The monoisotopic (exact) mass is 395 g/mol. The van der Waals surface area contributed by atoms with Crippen LogP contribution in [0.2, 0.25) is 0 Å². The van der Waals surface area contributed by atoms with E-state index in [0.29, 0.717) is 10.6 Å². The van der Waals surface area contributed by atoms with Gasteiger partial charge < -0.3 is 0 Å². The van der Waals surface area contributed by atoms with Gasteiger partial charge in [0.05, 0.1) is 21.8 Å². The van der Waals surface area contributed by atoms with Crippen molar-refractivity contribution in [2.45, 2.75) is 22.8 Å². The molecular weight excluding hydrogens is 378 g/mol. The Labute approximate surface area is 163 Å². The molecule has 0 atom stereocenters. The maximum Gasteiger partial charge on any atom is 0.331 e. The lowest BCUT2D eigenvalue weighted by Crippen LogP contribution is -2.41. The molecule has 0 aliphatic heterocycles. The van der Waals surface area contributed by atoms with Crippen LogP contribution in [-0.2, 0) is 13.6 Å². The van der Waals surface area contributed by atoms with Crippen molar-refractivity contribution in [1.82, 2.24) is 14.1 Å². The second kappa shape index (κ2) is 7.17. The summed E-state index contributed by atoms with van der Waals surface area (Å²) in [6, 6.07) is 17.4. The lowest BCUT2D eigenvalue weighted by atomic mass is 10.2. The molecule has 27 heavy (non-hydrogen) atoms. The zero-order chi connectivity index (χ0) is 19.0. The van der Waals surface area contributed by atoms with Crippen molar-refractivity contribution in [2.24, 2.45) is 7.05 Å². The Kier molecular flexibility index (Phi) is 4.72. The van der Waals surface area contributed by atoms with Crippen molar-refractivity contribution < 1.29 is 0 Å². The van der Waals surface area contributed by atoms with Gasteiger partial charge in [0.25, 0.3) is 5.56 Å². The summed E-state index contributed by atoms with van der Waals surface area (Å²) in [5, 5.41) is 0.633. The van der Waals surface area contributed by atoms with Gasteiger partial charge in [0.2, 0.25) is 0 Å². The highest BCUT2D eigenvalue weighted by Gasteiger charge is 2.17. The number of aromatic nitrogens is 3. The highest BCUT2D eigenvalue weighted by Crippen LogP contribution is 2.34. The summed E-state index contributed by atoms with van der Waals surface area (Å²) in [4.78, 5) is 30.3. The fraction of sp³-hybridized carbons (Fsp3) is 0.150. The van der Waals surface area contributed by atoms with Crippen LogP contribution in [0.3, 0.4) is 0 Å². The summed E-state index contributed by atoms with van der Waals surface area (Å²) >= 11 is 2.92. The molecule has 0 unspecified atom stereocenters. The lowest BCUT2D eigenvalue weighted by Gasteiger charge is -2.13. The molecule has 0 radical (unpaired) electrons. The molecule has 2 aromatic heterocycles. The van der Waals surface area contributed by atoms with E-state index >= 15 is 0 Å². The topological polar surface area (TPSA) is 56.9 Å². The minimum absolute atomic E-state index is 0.259. The first-order valence-corrected chi connectivity index (χ1v) is 10.1. The fourth-order valence-corrected chi connectivity index (χ4v) is 5.06. The van der Waals surface area contributed by atoms with Crippen LogP contribution in [0.4, 0.5) is 0 Å². The molecule has 0 saturated carbocycles. The van der Waals surface area contributed by atoms with Gasteiger partial charge in [-0.2, -0.15) is 0 Å². The van der Waals surface area contributed by atoms with Crippen LogP contribution in [0, 0.1) is 6.92 Å². The average Bonchev–Trinajstić information content (AvgIpc) is 3.10. The molecule has 2 aromatic carbocycles. The minimum atomic E-state index is -0.321.